The molecule has 1 aliphatic rings. The summed E-state index contributed by atoms with van der Waals surface area (Å²) in [6.07, 6.45) is 3.95. The first-order valence-electron chi connectivity index (χ1n) is 6.36. The number of morpholine rings is 1. The third-order valence-corrected chi connectivity index (χ3v) is 3.02. The van der Waals surface area contributed by atoms with Gasteiger partial charge in [-0.15, -0.1) is 0 Å². The van der Waals surface area contributed by atoms with Gasteiger partial charge >= 0.3 is 0 Å². The summed E-state index contributed by atoms with van der Waals surface area (Å²) >= 11 is 0. The summed E-state index contributed by atoms with van der Waals surface area (Å²) in [4.78, 5) is 2.48. The SMILES string of the molecule is CCCCC(C)NCCN1CCOCC1. The summed E-state index contributed by atoms with van der Waals surface area (Å²) in [6.45, 7) is 10.8. The van der Waals surface area contributed by atoms with Crippen LogP contribution in [0.4, 0.5) is 0 Å². The smallest absolute Gasteiger partial charge is 0.0594 e. The first kappa shape index (κ1) is 12.9. The van der Waals surface area contributed by atoms with Gasteiger partial charge < -0.3 is 10.1 Å². The van der Waals surface area contributed by atoms with Crippen molar-refractivity contribution < 1.29 is 4.74 Å². The molecule has 0 aliphatic carbocycles. The standard InChI is InChI=1S/C12H26N2O/c1-3-4-5-12(2)13-6-7-14-8-10-15-11-9-14/h12-13H,3-11H2,1-2H3. The summed E-state index contributed by atoms with van der Waals surface area (Å²) in [5, 5.41) is 3.58. The molecule has 0 amide bonds. The maximum Gasteiger partial charge on any atom is 0.0594 e. The van der Waals surface area contributed by atoms with E-state index in [4.69, 9.17) is 4.74 Å². The average molecular weight is 214 g/mol. The summed E-state index contributed by atoms with van der Waals surface area (Å²) < 4.78 is 5.32. The van der Waals surface area contributed by atoms with Crippen LogP contribution in [0, 0.1) is 0 Å². The Morgan fingerprint density at radius 3 is 2.73 bits per heavy atom. The van der Waals surface area contributed by atoms with Crippen LogP contribution in [0.2, 0.25) is 0 Å². The van der Waals surface area contributed by atoms with E-state index in [1.165, 1.54) is 25.8 Å². The number of nitrogens with zero attached hydrogens (tertiary/aromatic N) is 1. The van der Waals surface area contributed by atoms with E-state index in [0.29, 0.717) is 6.04 Å². The second-order valence-electron chi connectivity index (χ2n) is 4.45. The topological polar surface area (TPSA) is 24.5 Å². The first-order chi connectivity index (χ1) is 7.33. The maximum atomic E-state index is 5.32. The first-order valence-corrected chi connectivity index (χ1v) is 6.36. The molecule has 0 aromatic heterocycles. The zero-order valence-electron chi connectivity index (χ0n) is 10.3. The molecule has 15 heavy (non-hydrogen) atoms. The van der Waals surface area contributed by atoms with E-state index in [1.807, 2.05) is 0 Å². The van der Waals surface area contributed by atoms with Crippen LogP contribution in [0.5, 0.6) is 0 Å². The van der Waals surface area contributed by atoms with E-state index >= 15 is 0 Å². The van der Waals surface area contributed by atoms with Crippen molar-refractivity contribution in [2.75, 3.05) is 39.4 Å². The molecule has 1 atom stereocenters. The van der Waals surface area contributed by atoms with Crippen LogP contribution < -0.4 is 5.32 Å². The van der Waals surface area contributed by atoms with Crippen molar-refractivity contribution in [1.82, 2.24) is 10.2 Å². The van der Waals surface area contributed by atoms with Gasteiger partial charge in [-0.2, -0.15) is 0 Å². The number of hydrogen-bond donors (Lipinski definition) is 1. The lowest BCUT2D eigenvalue weighted by molar-refractivity contribution is 0.0381. The number of hydrogen-bond acceptors (Lipinski definition) is 3. The normalized spacial score (nSPS) is 20.4. The Morgan fingerprint density at radius 2 is 2.07 bits per heavy atom. The molecule has 1 rings (SSSR count). The zero-order chi connectivity index (χ0) is 10.9. The van der Waals surface area contributed by atoms with Crippen LogP contribution in [0.25, 0.3) is 0 Å². The monoisotopic (exact) mass is 214 g/mol. The molecule has 90 valence electrons. The van der Waals surface area contributed by atoms with Gasteiger partial charge in [0.15, 0.2) is 0 Å². The van der Waals surface area contributed by atoms with E-state index in [2.05, 4.69) is 24.1 Å². The van der Waals surface area contributed by atoms with Gasteiger partial charge in [0.25, 0.3) is 0 Å². The highest BCUT2D eigenvalue weighted by Crippen LogP contribution is 1.99. The van der Waals surface area contributed by atoms with Crippen molar-refractivity contribution >= 4 is 0 Å². The van der Waals surface area contributed by atoms with Gasteiger partial charge in [-0.25, -0.2) is 0 Å². The molecule has 3 heteroatoms. The highest BCUT2D eigenvalue weighted by atomic mass is 16.5. The Labute approximate surface area is 94.2 Å². The summed E-state index contributed by atoms with van der Waals surface area (Å²) in [7, 11) is 0. The molecule has 0 aromatic carbocycles. The maximum absolute atomic E-state index is 5.32. The number of ether oxygens (including phenoxy) is 1. The summed E-state index contributed by atoms with van der Waals surface area (Å²) in [5.74, 6) is 0. The lowest BCUT2D eigenvalue weighted by atomic mass is 10.1. The Bertz CT molecular complexity index is 147. The Morgan fingerprint density at radius 1 is 1.33 bits per heavy atom. The summed E-state index contributed by atoms with van der Waals surface area (Å²) in [6, 6.07) is 0.672. The van der Waals surface area contributed by atoms with Crippen LogP contribution >= 0.6 is 0 Å². The fraction of sp³-hybridized carbons (Fsp3) is 1.00. The molecule has 1 aliphatic heterocycles. The minimum atomic E-state index is 0.672. The van der Waals surface area contributed by atoms with Crippen molar-refractivity contribution in [3.63, 3.8) is 0 Å². The predicted molar refractivity (Wildman–Crippen MR) is 64.2 cm³/mol. The van der Waals surface area contributed by atoms with E-state index in [0.717, 1.165) is 32.8 Å². The fourth-order valence-electron chi connectivity index (χ4n) is 1.91. The van der Waals surface area contributed by atoms with Gasteiger partial charge in [0.05, 0.1) is 13.2 Å². The van der Waals surface area contributed by atoms with Crippen molar-refractivity contribution in [3.8, 4) is 0 Å². The molecule has 0 radical (unpaired) electrons. The molecule has 1 N–H and O–H groups in total. The molecule has 1 unspecified atom stereocenters. The fourth-order valence-corrected chi connectivity index (χ4v) is 1.91. The lowest BCUT2D eigenvalue weighted by Crippen LogP contribution is -2.41. The van der Waals surface area contributed by atoms with E-state index < -0.39 is 0 Å². The van der Waals surface area contributed by atoms with Gasteiger partial charge in [-0.3, -0.25) is 4.90 Å². The molecular formula is C12H26N2O. The Balaban J connectivity index is 1.94. The van der Waals surface area contributed by atoms with E-state index in [9.17, 15) is 0 Å². The van der Waals surface area contributed by atoms with Gasteiger partial charge in [-0.1, -0.05) is 19.8 Å². The van der Waals surface area contributed by atoms with Crippen LogP contribution in [0.15, 0.2) is 0 Å². The van der Waals surface area contributed by atoms with Crippen LogP contribution in [0.3, 0.4) is 0 Å². The summed E-state index contributed by atoms with van der Waals surface area (Å²) in [5.41, 5.74) is 0. The Kier molecular flexibility index (Phi) is 6.98. The predicted octanol–water partition coefficient (Wildman–Crippen LogP) is 1.49. The highest BCUT2D eigenvalue weighted by Gasteiger charge is 2.09. The minimum absolute atomic E-state index is 0.672. The largest absolute Gasteiger partial charge is 0.379 e. The number of rotatable bonds is 7. The van der Waals surface area contributed by atoms with Gasteiger partial charge in [0.2, 0.25) is 0 Å². The van der Waals surface area contributed by atoms with Crippen molar-refractivity contribution in [1.29, 1.82) is 0 Å². The van der Waals surface area contributed by atoms with Crippen molar-refractivity contribution in [2.45, 2.75) is 39.2 Å². The molecule has 0 bridgehead atoms. The van der Waals surface area contributed by atoms with Crippen molar-refractivity contribution in [3.05, 3.63) is 0 Å². The molecule has 0 saturated carbocycles. The number of unbranched alkanes of at least 4 members (excludes halogenated alkanes) is 1. The van der Waals surface area contributed by atoms with Gasteiger partial charge in [0.1, 0.15) is 0 Å². The second-order valence-corrected chi connectivity index (χ2v) is 4.45. The lowest BCUT2D eigenvalue weighted by Gasteiger charge is -2.27. The molecule has 0 spiro atoms. The van der Waals surface area contributed by atoms with Crippen LogP contribution in [-0.4, -0.2) is 50.3 Å². The third kappa shape index (κ3) is 6.13. The van der Waals surface area contributed by atoms with Crippen LogP contribution in [0.1, 0.15) is 33.1 Å². The van der Waals surface area contributed by atoms with Crippen molar-refractivity contribution in [2.24, 2.45) is 0 Å². The molecular weight excluding hydrogens is 188 g/mol. The molecule has 1 heterocycles. The number of nitrogens with one attached hydrogen (secondary N) is 1. The van der Waals surface area contributed by atoms with Gasteiger partial charge in [-0.05, 0) is 13.3 Å². The highest BCUT2D eigenvalue weighted by molar-refractivity contribution is 4.66. The zero-order valence-corrected chi connectivity index (χ0v) is 10.3. The Hall–Kier alpha value is -0.120. The molecule has 1 saturated heterocycles. The van der Waals surface area contributed by atoms with Gasteiger partial charge in [0, 0.05) is 32.2 Å². The molecule has 0 aromatic rings. The molecule has 1 fully saturated rings. The molecule has 3 nitrogen and oxygen atoms in total. The second kappa shape index (κ2) is 8.08. The minimum Gasteiger partial charge on any atom is -0.379 e. The van der Waals surface area contributed by atoms with E-state index in [1.54, 1.807) is 0 Å². The quantitative estimate of drug-likeness (QED) is 0.695. The average Bonchev–Trinajstić information content (AvgIpc) is 2.28. The third-order valence-electron chi connectivity index (χ3n) is 3.02. The van der Waals surface area contributed by atoms with E-state index in [-0.39, 0.29) is 0 Å². The van der Waals surface area contributed by atoms with Crippen LogP contribution in [-0.2, 0) is 4.74 Å².